The van der Waals surface area contributed by atoms with Crippen molar-refractivity contribution in [1.29, 1.82) is 0 Å². The van der Waals surface area contributed by atoms with Gasteiger partial charge in [-0.2, -0.15) is 0 Å². The normalized spacial score (nSPS) is 11.8. The summed E-state index contributed by atoms with van der Waals surface area (Å²) in [5.74, 6) is 0.292. The van der Waals surface area contributed by atoms with Crippen LogP contribution in [-0.4, -0.2) is 40.4 Å². The summed E-state index contributed by atoms with van der Waals surface area (Å²) in [7, 11) is 0. The molecular formula is C27H30N6O2S. The van der Waals surface area contributed by atoms with Crippen molar-refractivity contribution in [2.24, 2.45) is 0 Å². The van der Waals surface area contributed by atoms with Crippen LogP contribution >= 0.6 is 11.3 Å². The molecular weight excluding hydrogens is 472 g/mol. The Balaban J connectivity index is 1.37. The van der Waals surface area contributed by atoms with Crippen molar-refractivity contribution in [1.82, 2.24) is 20.6 Å². The zero-order chi connectivity index (χ0) is 25.5. The van der Waals surface area contributed by atoms with E-state index in [0.29, 0.717) is 35.6 Å². The quantitative estimate of drug-likeness (QED) is 0.238. The lowest BCUT2D eigenvalue weighted by Gasteiger charge is -2.17. The number of fused-ring (bicyclic) bond motifs is 1. The van der Waals surface area contributed by atoms with Crippen molar-refractivity contribution in [3.05, 3.63) is 77.4 Å². The lowest BCUT2D eigenvalue weighted by Crippen LogP contribution is -2.36. The monoisotopic (exact) mass is 502 g/mol. The lowest BCUT2D eigenvalue weighted by atomic mass is 10.1. The highest BCUT2D eigenvalue weighted by Gasteiger charge is 2.15. The summed E-state index contributed by atoms with van der Waals surface area (Å²) in [6, 6.07) is 16.9. The highest BCUT2D eigenvalue weighted by molar-refractivity contribution is 7.16. The first-order valence-corrected chi connectivity index (χ1v) is 12.8. The molecule has 0 aliphatic rings. The Bertz CT molecular complexity index is 1340. The van der Waals surface area contributed by atoms with Gasteiger partial charge >= 0.3 is 0 Å². The molecule has 4 rings (SSSR count). The number of rotatable bonds is 10. The zero-order valence-corrected chi connectivity index (χ0v) is 21.4. The second kappa shape index (κ2) is 11.6. The second-order valence-electron chi connectivity index (χ2n) is 8.86. The molecule has 0 bridgehead atoms. The van der Waals surface area contributed by atoms with Gasteiger partial charge in [0.15, 0.2) is 0 Å². The molecule has 0 fully saturated rings. The lowest BCUT2D eigenvalue weighted by molar-refractivity contribution is 0.0937. The molecule has 2 heterocycles. The van der Waals surface area contributed by atoms with Gasteiger partial charge in [-0.05, 0) is 57.5 Å². The summed E-state index contributed by atoms with van der Waals surface area (Å²) in [6.45, 7) is 6.38. The number of thiazole rings is 1. The third-order valence-corrected chi connectivity index (χ3v) is 6.26. The fraction of sp³-hybridized carbons (Fsp3) is 0.259. The van der Waals surface area contributed by atoms with E-state index < -0.39 is 0 Å². The van der Waals surface area contributed by atoms with E-state index in [1.165, 1.54) is 0 Å². The SMILES string of the molecule is CC(C)Nc1cc(Nc2ccc3ncsc3c2)ncc1C(=O)NCCC(C)NC(=O)c1ccccc1. The summed E-state index contributed by atoms with van der Waals surface area (Å²) >= 11 is 1.58. The van der Waals surface area contributed by atoms with Gasteiger partial charge in [0, 0.05) is 42.1 Å². The smallest absolute Gasteiger partial charge is 0.254 e. The van der Waals surface area contributed by atoms with Gasteiger partial charge in [-0.25, -0.2) is 9.97 Å². The largest absolute Gasteiger partial charge is 0.382 e. The Kier molecular flexibility index (Phi) is 8.12. The Labute approximate surface area is 214 Å². The highest BCUT2D eigenvalue weighted by atomic mass is 32.1. The zero-order valence-electron chi connectivity index (χ0n) is 20.5. The predicted molar refractivity (Wildman–Crippen MR) is 146 cm³/mol. The molecule has 8 nitrogen and oxygen atoms in total. The van der Waals surface area contributed by atoms with Crippen LogP contribution in [0.2, 0.25) is 0 Å². The molecule has 4 N–H and O–H groups in total. The van der Waals surface area contributed by atoms with Crippen LogP contribution in [0.5, 0.6) is 0 Å². The van der Waals surface area contributed by atoms with Crippen molar-refractivity contribution >= 4 is 50.6 Å². The summed E-state index contributed by atoms with van der Waals surface area (Å²) in [6.07, 6.45) is 2.18. The molecule has 2 aromatic carbocycles. The molecule has 0 radical (unpaired) electrons. The van der Waals surface area contributed by atoms with Crippen LogP contribution in [0.25, 0.3) is 10.2 Å². The van der Waals surface area contributed by atoms with Gasteiger partial charge in [0.2, 0.25) is 0 Å². The first kappa shape index (κ1) is 25.1. The molecule has 0 aliphatic heterocycles. The number of aromatic nitrogens is 2. The third kappa shape index (κ3) is 6.57. The van der Waals surface area contributed by atoms with Crippen molar-refractivity contribution < 1.29 is 9.59 Å². The molecule has 9 heteroatoms. The molecule has 186 valence electrons. The van der Waals surface area contributed by atoms with Crippen LogP contribution in [0.3, 0.4) is 0 Å². The van der Waals surface area contributed by atoms with Gasteiger partial charge in [0.1, 0.15) is 5.82 Å². The number of pyridine rings is 1. The van der Waals surface area contributed by atoms with Crippen molar-refractivity contribution in [2.45, 2.75) is 39.3 Å². The number of hydrogen-bond donors (Lipinski definition) is 4. The van der Waals surface area contributed by atoms with Gasteiger partial charge in [-0.1, -0.05) is 18.2 Å². The van der Waals surface area contributed by atoms with Crippen molar-refractivity contribution in [2.75, 3.05) is 17.2 Å². The Morgan fingerprint density at radius 2 is 1.78 bits per heavy atom. The fourth-order valence-corrected chi connectivity index (χ4v) is 4.40. The van der Waals surface area contributed by atoms with Crippen LogP contribution in [0.15, 0.2) is 66.3 Å². The Hall–Kier alpha value is -3.98. The average molecular weight is 503 g/mol. The summed E-state index contributed by atoms with van der Waals surface area (Å²) < 4.78 is 1.09. The van der Waals surface area contributed by atoms with Gasteiger partial charge in [0.25, 0.3) is 11.8 Å². The van der Waals surface area contributed by atoms with E-state index >= 15 is 0 Å². The fourth-order valence-electron chi connectivity index (χ4n) is 3.68. The van der Waals surface area contributed by atoms with E-state index in [2.05, 4.69) is 31.2 Å². The molecule has 0 saturated heterocycles. The molecule has 1 unspecified atom stereocenters. The maximum Gasteiger partial charge on any atom is 0.254 e. The summed E-state index contributed by atoms with van der Waals surface area (Å²) in [5.41, 5.74) is 5.46. The number of anilines is 3. The minimum Gasteiger partial charge on any atom is -0.382 e. The van der Waals surface area contributed by atoms with Crippen LogP contribution in [0.1, 0.15) is 47.9 Å². The third-order valence-electron chi connectivity index (χ3n) is 5.47. The number of carbonyl (C=O) groups excluding carboxylic acids is 2. The molecule has 1 atom stereocenters. The number of benzene rings is 2. The van der Waals surface area contributed by atoms with Crippen LogP contribution < -0.4 is 21.3 Å². The van der Waals surface area contributed by atoms with E-state index in [9.17, 15) is 9.59 Å². The predicted octanol–water partition coefficient (Wildman–Crippen LogP) is 5.19. The maximum atomic E-state index is 13.0. The number of hydrogen-bond acceptors (Lipinski definition) is 7. The number of nitrogens with zero attached hydrogens (tertiary/aromatic N) is 2. The standard InChI is InChI=1S/C27H30N6O2S/c1-17(2)31-23-14-25(33-20-9-10-22-24(13-20)36-16-30-22)29-15-21(23)27(35)28-12-11-18(3)32-26(34)19-7-5-4-6-8-19/h4-10,13-18H,11-12H2,1-3H3,(H,28,35)(H,32,34)(H2,29,31,33). The molecule has 2 aromatic heterocycles. The van der Waals surface area contributed by atoms with Crippen LogP contribution in [0.4, 0.5) is 17.2 Å². The molecule has 4 aromatic rings. The highest BCUT2D eigenvalue weighted by Crippen LogP contribution is 2.26. The van der Waals surface area contributed by atoms with E-state index in [0.717, 1.165) is 15.9 Å². The molecule has 36 heavy (non-hydrogen) atoms. The van der Waals surface area contributed by atoms with Gasteiger partial charge in [-0.15, -0.1) is 11.3 Å². The second-order valence-corrected chi connectivity index (χ2v) is 9.75. The maximum absolute atomic E-state index is 13.0. The van der Waals surface area contributed by atoms with E-state index in [-0.39, 0.29) is 23.9 Å². The van der Waals surface area contributed by atoms with Gasteiger partial charge < -0.3 is 21.3 Å². The van der Waals surface area contributed by atoms with Crippen LogP contribution in [0, 0.1) is 0 Å². The molecule has 0 aliphatic carbocycles. The molecule has 0 spiro atoms. The topological polar surface area (TPSA) is 108 Å². The van der Waals surface area contributed by atoms with Crippen LogP contribution in [-0.2, 0) is 0 Å². The summed E-state index contributed by atoms with van der Waals surface area (Å²) in [4.78, 5) is 34.0. The van der Waals surface area contributed by atoms with Gasteiger partial charge in [0.05, 0.1) is 27.0 Å². The minimum atomic E-state index is -0.218. The minimum absolute atomic E-state index is 0.0909. The average Bonchev–Trinajstić information content (AvgIpc) is 3.32. The number of carbonyl (C=O) groups is 2. The Morgan fingerprint density at radius 1 is 0.972 bits per heavy atom. The van der Waals surface area contributed by atoms with Crippen molar-refractivity contribution in [3.63, 3.8) is 0 Å². The molecule has 2 amide bonds. The number of nitrogens with one attached hydrogen (secondary N) is 4. The molecule has 0 saturated carbocycles. The van der Waals surface area contributed by atoms with E-state index in [1.54, 1.807) is 29.7 Å². The first-order valence-electron chi connectivity index (χ1n) is 11.9. The van der Waals surface area contributed by atoms with Gasteiger partial charge in [-0.3, -0.25) is 9.59 Å². The Morgan fingerprint density at radius 3 is 2.56 bits per heavy atom. The van der Waals surface area contributed by atoms with Crippen molar-refractivity contribution in [3.8, 4) is 0 Å². The van der Waals surface area contributed by atoms with E-state index in [4.69, 9.17) is 0 Å². The number of amides is 2. The summed E-state index contributed by atoms with van der Waals surface area (Å²) in [5, 5.41) is 12.6. The first-order chi connectivity index (χ1) is 17.4. The van der Waals surface area contributed by atoms with E-state index in [1.807, 2.05) is 68.7 Å².